The lowest BCUT2D eigenvalue weighted by Gasteiger charge is -2.15. The second-order valence-electron chi connectivity index (χ2n) is 6.11. The number of benzene rings is 3. The van der Waals surface area contributed by atoms with Crippen molar-refractivity contribution < 1.29 is 9.13 Å². The minimum atomic E-state index is -0.309. The second-order valence-corrected chi connectivity index (χ2v) is 7.36. The lowest BCUT2D eigenvalue weighted by atomic mass is 10.1. The van der Waals surface area contributed by atoms with Gasteiger partial charge in [-0.2, -0.15) is 0 Å². The lowest BCUT2D eigenvalue weighted by molar-refractivity contribution is 0.303. The molecule has 0 fully saturated rings. The maximum atomic E-state index is 13.4. The number of hydrogen-bond donors (Lipinski definition) is 1. The summed E-state index contributed by atoms with van der Waals surface area (Å²) in [5.41, 5.74) is 3.38. The number of hydrogen-bond acceptors (Lipinski definition) is 2. The summed E-state index contributed by atoms with van der Waals surface area (Å²) in [7, 11) is 0. The normalized spacial score (nSPS) is 10.7. The van der Waals surface area contributed by atoms with E-state index in [1.54, 1.807) is 24.3 Å². The molecule has 0 unspecified atom stereocenters. The molecule has 3 rings (SSSR count). The van der Waals surface area contributed by atoms with Gasteiger partial charge in [-0.25, -0.2) is 4.39 Å². The van der Waals surface area contributed by atoms with E-state index in [9.17, 15) is 4.39 Å². The van der Waals surface area contributed by atoms with Crippen molar-refractivity contribution in [3.8, 4) is 5.75 Å². The molecule has 27 heavy (non-hydrogen) atoms. The van der Waals surface area contributed by atoms with E-state index in [-0.39, 0.29) is 12.4 Å². The Labute approximate surface area is 172 Å². The zero-order valence-electron chi connectivity index (χ0n) is 14.5. The van der Waals surface area contributed by atoms with Gasteiger partial charge >= 0.3 is 0 Å². The first kappa shape index (κ1) is 19.8. The van der Waals surface area contributed by atoms with Crippen molar-refractivity contribution in [1.29, 1.82) is 0 Å². The molecule has 0 saturated carbocycles. The van der Waals surface area contributed by atoms with Crippen molar-refractivity contribution in [3.05, 3.63) is 92.2 Å². The van der Waals surface area contributed by atoms with Gasteiger partial charge in [0.2, 0.25) is 0 Å². The molecule has 6 heteroatoms. The molecule has 0 heterocycles. The molecule has 0 atom stereocenters. The Morgan fingerprint density at radius 1 is 0.963 bits per heavy atom. The van der Waals surface area contributed by atoms with Gasteiger partial charge in [-0.15, -0.1) is 0 Å². The fraction of sp³-hybridized carbons (Fsp3) is 0.143. The summed E-state index contributed by atoms with van der Waals surface area (Å²) in [6.45, 7) is 2.59. The van der Waals surface area contributed by atoms with Crippen LogP contribution in [-0.4, -0.2) is 0 Å². The van der Waals surface area contributed by atoms with E-state index in [2.05, 4.69) is 5.32 Å². The van der Waals surface area contributed by atoms with Crippen LogP contribution in [0, 0.1) is 12.7 Å². The molecule has 0 spiro atoms. The third-order valence-corrected chi connectivity index (χ3v) is 4.92. The summed E-state index contributed by atoms with van der Waals surface area (Å²) < 4.78 is 19.2. The molecule has 0 aliphatic heterocycles. The third kappa shape index (κ3) is 5.29. The first-order valence-corrected chi connectivity index (χ1v) is 9.41. The summed E-state index contributed by atoms with van der Waals surface area (Å²) in [4.78, 5) is 0. The zero-order chi connectivity index (χ0) is 19.4. The average Bonchev–Trinajstić information content (AvgIpc) is 2.62. The predicted molar refractivity (Wildman–Crippen MR) is 111 cm³/mol. The molecule has 0 radical (unpaired) electrons. The van der Waals surface area contributed by atoms with E-state index in [0.717, 1.165) is 16.8 Å². The zero-order valence-corrected chi connectivity index (χ0v) is 16.8. The molecule has 0 saturated heterocycles. The van der Waals surface area contributed by atoms with Gasteiger partial charge in [0.1, 0.15) is 18.2 Å². The van der Waals surface area contributed by atoms with E-state index in [1.165, 1.54) is 12.1 Å². The highest BCUT2D eigenvalue weighted by Crippen LogP contribution is 2.34. The van der Waals surface area contributed by atoms with Crippen molar-refractivity contribution in [2.75, 3.05) is 5.32 Å². The van der Waals surface area contributed by atoms with Gasteiger partial charge in [0.25, 0.3) is 0 Å². The summed E-state index contributed by atoms with van der Waals surface area (Å²) in [6.07, 6.45) is 0. The average molecular weight is 425 g/mol. The number of rotatable bonds is 6. The van der Waals surface area contributed by atoms with Crippen LogP contribution < -0.4 is 10.1 Å². The van der Waals surface area contributed by atoms with Gasteiger partial charge in [-0.3, -0.25) is 0 Å². The fourth-order valence-electron chi connectivity index (χ4n) is 2.59. The third-order valence-electron chi connectivity index (χ3n) is 4.01. The predicted octanol–water partition coefficient (Wildman–Crippen LogP) is 7.29. The molecule has 2 nitrogen and oxygen atoms in total. The molecule has 0 aromatic heterocycles. The van der Waals surface area contributed by atoms with E-state index in [4.69, 9.17) is 39.5 Å². The van der Waals surface area contributed by atoms with Gasteiger partial charge < -0.3 is 10.1 Å². The summed E-state index contributed by atoms with van der Waals surface area (Å²) in [5.74, 6) is 0.201. The van der Waals surface area contributed by atoms with Gasteiger partial charge in [0.15, 0.2) is 0 Å². The molecule has 3 aromatic carbocycles. The highest BCUT2D eigenvalue weighted by Gasteiger charge is 2.12. The van der Waals surface area contributed by atoms with Crippen LogP contribution in [0.5, 0.6) is 5.75 Å². The smallest absolute Gasteiger partial charge is 0.143 e. The van der Waals surface area contributed by atoms with Crippen molar-refractivity contribution in [2.45, 2.75) is 20.1 Å². The molecule has 0 aliphatic rings. The number of ether oxygens (including phenoxy) is 1. The quantitative estimate of drug-likeness (QED) is 0.449. The van der Waals surface area contributed by atoms with Gasteiger partial charge in [-0.05, 0) is 54.4 Å². The Kier molecular flexibility index (Phi) is 6.48. The van der Waals surface area contributed by atoms with Crippen LogP contribution in [0.2, 0.25) is 15.1 Å². The SMILES string of the molecule is Cc1ccc(NCc2cc(Cl)cc(Cl)c2OCc2cccc(F)c2)cc1Cl. The van der Waals surface area contributed by atoms with E-state index < -0.39 is 0 Å². The summed E-state index contributed by atoms with van der Waals surface area (Å²) in [5, 5.41) is 4.89. The minimum Gasteiger partial charge on any atom is -0.487 e. The fourth-order valence-corrected chi connectivity index (χ4v) is 3.36. The van der Waals surface area contributed by atoms with Gasteiger partial charge in [0.05, 0.1) is 5.02 Å². The highest BCUT2D eigenvalue weighted by molar-refractivity contribution is 6.35. The van der Waals surface area contributed by atoms with Gasteiger partial charge in [-0.1, -0.05) is 53.0 Å². The molecular formula is C21H17Cl3FNO. The van der Waals surface area contributed by atoms with Crippen LogP contribution in [0.1, 0.15) is 16.7 Å². The van der Waals surface area contributed by atoms with Crippen molar-refractivity contribution in [3.63, 3.8) is 0 Å². The first-order valence-electron chi connectivity index (χ1n) is 8.27. The second kappa shape index (κ2) is 8.83. The molecular weight excluding hydrogens is 408 g/mol. The Balaban J connectivity index is 1.78. The number of nitrogens with one attached hydrogen (secondary N) is 1. The van der Waals surface area contributed by atoms with Crippen LogP contribution in [0.4, 0.5) is 10.1 Å². The van der Waals surface area contributed by atoms with Crippen LogP contribution in [0.15, 0.2) is 54.6 Å². The summed E-state index contributed by atoms with van der Waals surface area (Å²) >= 11 is 18.6. The molecule has 0 bridgehead atoms. The first-order chi connectivity index (χ1) is 12.9. The van der Waals surface area contributed by atoms with E-state index in [1.807, 2.05) is 25.1 Å². The van der Waals surface area contributed by atoms with E-state index >= 15 is 0 Å². The van der Waals surface area contributed by atoms with Crippen LogP contribution in [-0.2, 0) is 13.2 Å². The maximum Gasteiger partial charge on any atom is 0.143 e. The molecule has 0 aliphatic carbocycles. The topological polar surface area (TPSA) is 21.3 Å². The van der Waals surface area contributed by atoms with Crippen LogP contribution in [0.3, 0.4) is 0 Å². The molecule has 140 valence electrons. The number of aryl methyl sites for hydroxylation is 1. The van der Waals surface area contributed by atoms with Gasteiger partial charge in [0, 0.05) is 27.8 Å². The van der Waals surface area contributed by atoms with E-state index in [0.29, 0.717) is 32.9 Å². The van der Waals surface area contributed by atoms with Crippen LogP contribution >= 0.6 is 34.8 Å². The minimum absolute atomic E-state index is 0.197. The van der Waals surface area contributed by atoms with Crippen molar-refractivity contribution in [2.24, 2.45) is 0 Å². The van der Waals surface area contributed by atoms with Crippen molar-refractivity contribution in [1.82, 2.24) is 0 Å². The Hall–Kier alpha value is -1.94. The Bertz CT molecular complexity index is 962. The maximum absolute atomic E-state index is 13.4. The van der Waals surface area contributed by atoms with Crippen molar-refractivity contribution >= 4 is 40.5 Å². The largest absolute Gasteiger partial charge is 0.487 e. The van der Waals surface area contributed by atoms with Crippen LogP contribution in [0.25, 0.3) is 0 Å². The molecule has 3 aromatic rings. The monoisotopic (exact) mass is 423 g/mol. The standard InChI is InChI=1S/C21H17Cl3FNO/c1-13-5-6-18(10-19(13)23)26-11-15-8-16(22)9-20(24)21(15)27-12-14-3-2-4-17(25)7-14/h2-10,26H,11-12H2,1H3. The molecule has 0 amide bonds. The highest BCUT2D eigenvalue weighted by atomic mass is 35.5. The lowest BCUT2D eigenvalue weighted by Crippen LogP contribution is -2.05. The summed E-state index contributed by atoms with van der Waals surface area (Å²) in [6, 6.07) is 15.4. The Morgan fingerprint density at radius 2 is 1.78 bits per heavy atom. The number of halogens is 4. The number of anilines is 1. The molecule has 1 N–H and O–H groups in total. The Morgan fingerprint density at radius 3 is 2.52 bits per heavy atom.